The second-order valence-corrected chi connectivity index (χ2v) is 7.65. The Morgan fingerprint density at radius 3 is 2.63 bits per heavy atom. The molecule has 1 aliphatic carbocycles. The van der Waals surface area contributed by atoms with Crippen LogP contribution in [0.2, 0.25) is 0 Å². The molecular weight excluding hydrogens is 368 g/mol. The molecule has 0 aliphatic heterocycles. The Morgan fingerprint density at radius 1 is 1.22 bits per heavy atom. The lowest BCUT2D eigenvalue weighted by atomic mass is 9.84. The van der Waals surface area contributed by atoms with Gasteiger partial charge in [0.05, 0.1) is 6.54 Å². The first-order valence-corrected chi connectivity index (χ1v) is 9.70. The van der Waals surface area contributed by atoms with Crippen LogP contribution < -0.4 is 16.0 Å². The summed E-state index contributed by atoms with van der Waals surface area (Å²) >= 11 is 1.71. The predicted molar refractivity (Wildman–Crippen MR) is 100 cm³/mol. The Hall–Kier alpha value is -2.68. The molecule has 1 aliphatic rings. The topological polar surface area (TPSA) is 113 Å². The normalized spacial score (nSPS) is 15.3. The van der Waals surface area contributed by atoms with Crippen molar-refractivity contribution < 1.29 is 18.9 Å². The number of carbonyl (C=O) groups is 3. The second-order valence-electron chi connectivity index (χ2n) is 6.70. The Morgan fingerprint density at radius 2 is 2.00 bits per heavy atom. The molecule has 0 unspecified atom stereocenters. The molecule has 1 fully saturated rings. The highest BCUT2D eigenvalue weighted by Gasteiger charge is 2.36. The van der Waals surface area contributed by atoms with Gasteiger partial charge < -0.3 is 15.2 Å². The summed E-state index contributed by atoms with van der Waals surface area (Å²) < 4.78 is 4.80. The van der Waals surface area contributed by atoms with Gasteiger partial charge >= 0.3 is 11.8 Å². The van der Waals surface area contributed by atoms with Gasteiger partial charge in [-0.2, -0.15) is 0 Å². The highest BCUT2D eigenvalue weighted by Crippen LogP contribution is 2.42. The maximum Gasteiger partial charge on any atom is 0.314 e. The molecule has 2 aromatic heterocycles. The van der Waals surface area contributed by atoms with Crippen LogP contribution in [0.3, 0.4) is 0 Å². The van der Waals surface area contributed by atoms with Gasteiger partial charge in [-0.15, -0.1) is 11.3 Å². The number of anilines is 1. The number of carbonyl (C=O) groups excluding carboxylic acids is 3. The fourth-order valence-corrected chi connectivity index (χ4v) is 4.30. The summed E-state index contributed by atoms with van der Waals surface area (Å²) in [6.07, 6.45) is 4.37. The third kappa shape index (κ3) is 4.73. The third-order valence-electron chi connectivity index (χ3n) is 4.71. The maximum absolute atomic E-state index is 12.1. The molecule has 27 heavy (non-hydrogen) atoms. The molecule has 2 heterocycles. The fraction of sp³-hybridized carbons (Fsp3) is 0.444. The monoisotopic (exact) mass is 390 g/mol. The predicted octanol–water partition coefficient (Wildman–Crippen LogP) is 1.73. The zero-order chi connectivity index (χ0) is 19.3. The highest BCUT2D eigenvalue weighted by atomic mass is 32.1. The molecule has 1 saturated carbocycles. The minimum atomic E-state index is -0.903. The lowest BCUT2D eigenvalue weighted by molar-refractivity contribution is -0.136. The summed E-state index contributed by atoms with van der Waals surface area (Å²) in [5, 5.41) is 13.1. The minimum Gasteiger partial charge on any atom is -0.360 e. The molecule has 9 heteroatoms. The summed E-state index contributed by atoms with van der Waals surface area (Å²) in [6.45, 7) is 1.94. The average Bonchev–Trinajstić information content (AvgIpc) is 3.40. The van der Waals surface area contributed by atoms with Crippen molar-refractivity contribution in [2.45, 2.75) is 38.0 Å². The number of hydrogen-bond donors (Lipinski definition) is 3. The number of amides is 3. The summed E-state index contributed by atoms with van der Waals surface area (Å²) in [7, 11) is 0. The molecule has 3 N–H and O–H groups in total. The van der Waals surface area contributed by atoms with E-state index in [2.05, 4.69) is 27.2 Å². The number of aryl methyl sites for hydroxylation is 1. The van der Waals surface area contributed by atoms with E-state index < -0.39 is 11.8 Å². The van der Waals surface area contributed by atoms with E-state index in [1.54, 1.807) is 18.3 Å². The van der Waals surface area contributed by atoms with Crippen molar-refractivity contribution in [2.75, 3.05) is 18.4 Å². The SMILES string of the molecule is Cc1cc(NC(=O)C(=O)NCC(=O)NCC2(c3cccs3)CCCC2)no1. The quantitative estimate of drug-likeness (QED) is 0.650. The molecular formula is C18H22N4O4S. The van der Waals surface area contributed by atoms with Crippen LogP contribution in [0.1, 0.15) is 36.3 Å². The van der Waals surface area contributed by atoms with E-state index in [1.807, 2.05) is 11.4 Å². The van der Waals surface area contributed by atoms with Gasteiger partial charge in [-0.1, -0.05) is 24.1 Å². The van der Waals surface area contributed by atoms with Crippen molar-refractivity contribution in [2.24, 2.45) is 0 Å². The van der Waals surface area contributed by atoms with Gasteiger partial charge in [0, 0.05) is 22.9 Å². The molecule has 0 spiro atoms. The third-order valence-corrected chi connectivity index (χ3v) is 5.83. The van der Waals surface area contributed by atoms with E-state index in [1.165, 1.54) is 10.9 Å². The van der Waals surface area contributed by atoms with Gasteiger partial charge in [-0.05, 0) is 31.2 Å². The number of rotatable bonds is 6. The van der Waals surface area contributed by atoms with E-state index in [0.29, 0.717) is 12.3 Å². The van der Waals surface area contributed by atoms with Crippen molar-refractivity contribution in [1.82, 2.24) is 15.8 Å². The standard InChI is InChI=1S/C18H22N4O4S/c1-12-9-14(22-26-12)21-17(25)16(24)19-10-15(23)20-11-18(6-2-3-7-18)13-5-4-8-27-13/h4-5,8-9H,2-3,6-7,10-11H2,1H3,(H,19,24)(H,20,23)(H,21,22,25). The van der Waals surface area contributed by atoms with E-state index >= 15 is 0 Å². The number of hydrogen-bond acceptors (Lipinski definition) is 6. The summed E-state index contributed by atoms with van der Waals surface area (Å²) in [5.74, 6) is -1.47. The zero-order valence-corrected chi connectivity index (χ0v) is 15.9. The van der Waals surface area contributed by atoms with Crippen LogP contribution in [-0.2, 0) is 19.8 Å². The highest BCUT2D eigenvalue weighted by molar-refractivity contribution is 7.10. The first-order chi connectivity index (χ1) is 13.0. The van der Waals surface area contributed by atoms with Gasteiger partial charge in [0.15, 0.2) is 5.82 Å². The number of aromatic nitrogens is 1. The Kier molecular flexibility index (Phi) is 5.90. The fourth-order valence-electron chi connectivity index (χ4n) is 3.31. The van der Waals surface area contributed by atoms with Crippen LogP contribution in [0, 0.1) is 6.92 Å². The lowest BCUT2D eigenvalue weighted by Crippen LogP contribution is -2.45. The van der Waals surface area contributed by atoms with Crippen molar-refractivity contribution >= 4 is 34.9 Å². The number of thiophene rings is 1. The van der Waals surface area contributed by atoms with Crippen molar-refractivity contribution in [3.05, 3.63) is 34.2 Å². The Balaban J connectivity index is 1.45. The molecule has 0 atom stereocenters. The molecule has 0 bridgehead atoms. The lowest BCUT2D eigenvalue weighted by Gasteiger charge is -2.28. The van der Waals surface area contributed by atoms with E-state index in [4.69, 9.17) is 4.52 Å². The largest absolute Gasteiger partial charge is 0.360 e. The molecule has 0 radical (unpaired) electrons. The van der Waals surface area contributed by atoms with Crippen molar-refractivity contribution in [3.63, 3.8) is 0 Å². The van der Waals surface area contributed by atoms with Gasteiger partial charge in [0.25, 0.3) is 0 Å². The van der Waals surface area contributed by atoms with Crippen LogP contribution in [0.5, 0.6) is 0 Å². The molecule has 2 aromatic rings. The molecule has 8 nitrogen and oxygen atoms in total. The Labute approximate surface area is 160 Å². The van der Waals surface area contributed by atoms with Gasteiger partial charge in [0.2, 0.25) is 5.91 Å². The zero-order valence-electron chi connectivity index (χ0n) is 15.0. The summed E-state index contributed by atoms with van der Waals surface area (Å²) in [6, 6.07) is 5.63. The van der Waals surface area contributed by atoms with Crippen LogP contribution in [0.15, 0.2) is 28.1 Å². The minimum absolute atomic E-state index is 0.0178. The first-order valence-electron chi connectivity index (χ1n) is 8.82. The smallest absolute Gasteiger partial charge is 0.314 e. The first kappa shape index (κ1) is 19.1. The number of nitrogens with zero attached hydrogens (tertiary/aromatic N) is 1. The summed E-state index contributed by atoms with van der Waals surface area (Å²) in [4.78, 5) is 37.0. The molecule has 3 rings (SSSR count). The molecule has 3 amide bonds. The van der Waals surface area contributed by atoms with E-state index in [0.717, 1.165) is 25.7 Å². The second kappa shape index (κ2) is 8.34. The van der Waals surface area contributed by atoms with E-state index in [9.17, 15) is 14.4 Å². The van der Waals surface area contributed by atoms with Crippen LogP contribution in [0.25, 0.3) is 0 Å². The van der Waals surface area contributed by atoms with Crippen LogP contribution in [-0.4, -0.2) is 36.0 Å². The van der Waals surface area contributed by atoms with Gasteiger partial charge in [0.1, 0.15) is 5.76 Å². The molecule has 0 aromatic carbocycles. The summed E-state index contributed by atoms with van der Waals surface area (Å²) in [5.41, 5.74) is -0.0178. The van der Waals surface area contributed by atoms with Gasteiger partial charge in [-0.25, -0.2) is 0 Å². The average molecular weight is 390 g/mol. The van der Waals surface area contributed by atoms with E-state index in [-0.39, 0.29) is 23.7 Å². The Bertz CT molecular complexity index is 809. The molecule has 144 valence electrons. The number of nitrogens with one attached hydrogen (secondary N) is 3. The van der Waals surface area contributed by atoms with Gasteiger partial charge in [-0.3, -0.25) is 19.7 Å². The van der Waals surface area contributed by atoms with Crippen molar-refractivity contribution in [1.29, 1.82) is 0 Å². The van der Waals surface area contributed by atoms with Crippen LogP contribution >= 0.6 is 11.3 Å². The van der Waals surface area contributed by atoms with Crippen molar-refractivity contribution in [3.8, 4) is 0 Å². The van der Waals surface area contributed by atoms with Crippen LogP contribution in [0.4, 0.5) is 5.82 Å². The molecule has 0 saturated heterocycles. The maximum atomic E-state index is 12.1.